The van der Waals surface area contributed by atoms with E-state index in [0.717, 1.165) is 24.8 Å². The molecule has 0 spiro atoms. The first-order chi connectivity index (χ1) is 7.20. The quantitative estimate of drug-likeness (QED) is 0.433. The monoisotopic (exact) mass is 314 g/mol. The number of hydrogen-bond donors (Lipinski definition) is 0. The molecule has 0 heterocycles. The SMILES string of the molecule is C=C(I)CCCCC(=O)c1ccccc1. The number of rotatable bonds is 6. The van der Waals surface area contributed by atoms with Gasteiger partial charge in [0, 0.05) is 12.0 Å². The molecule has 0 atom stereocenters. The summed E-state index contributed by atoms with van der Waals surface area (Å²) in [7, 11) is 0. The molecule has 0 aromatic heterocycles. The largest absolute Gasteiger partial charge is 0.294 e. The molecule has 1 aromatic rings. The highest BCUT2D eigenvalue weighted by Crippen LogP contribution is 2.14. The Morgan fingerprint density at radius 3 is 2.33 bits per heavy atom. The van der Waals surface area contributed by atoms with Crippen LogP contribution < -0.4 is 0 Å². The fourth-order valence-corrected chi connectivity index (χ4v) is 1.75. The van der Waals surface area contributed by atoms with Gasteiger partial charge in [-0.05, 0) is 45.4 Å². The van der Waals surface area contributed by atoms with Crippen LogP contribution in [0.5, 0.6) is 0 Å². The molecule has 15 heavy (non-hydrogen) atoms. The van der Waals surface area contributed by atoms with Crippen molar-refractivity contribution in [3.63, 3.8) is 0 Å². The van der Waals surface area contributed by atoms with Crippen molar-refractivity contribution < 1.29 is 4.79 Å². The second kappa shape index (κ2) is 6.77. The molecule has 0 aliphatic carbocycles. The van der Waals surface area contributed by atoms with E-state index in [1.807, 2.05) is 30.3 Å². The maximum absolute atomic E-state index is 11.7. The van der Waals surface area contributed by atoms with Crippen LogP contribution in [-0.4, -0.2) is 5.78 Å². The van der Waals surface area contributed by atoms with Crippen molar-refractivity contribution in [2.75, 3.05) is 0 Å². The van der Waals surface area contributed by atoms with Crippen molar-refractivity contribution in [3.05, 3.63) is 46.1 Å². The van der Waals surface area contributed by atoms with Gasteiger partial charge in [0.25, 0.3) is 0 Å². The van der Waals surface area contributed by atoms with Crippen LogP contribution in [0, 0.1) is 0 Å². The van der Waals surface area contributed by atoms with Gasteiger partial charge in [0.1, 0.15) is 0 Å². The molecular formula is C13H15IO. The molecule has 0 unspecified atom stereocenters. The third kappa shape index (κ3) is 5.11. The maximum Gasteiger partial charge on any atom is 0.162 e. The Balaban J connectivity index is 2.28. The summed E-state index contributed by atoms with van der Waals surface area (Å²) in [6.07, 6.45) is 3.67. The summed E-state index contributed by atoms with van der Waals surface area (Å²) >= 11 is 2.23. The molecule has 0 radical (unpaired) electrons. The number of halogens is 1. The highest BCUT2D eigenvalue weighted by Gasteiger charge is 2.03. The molecule has 1 rings (SSSR count). The Morgan fingerprint density at radius 2 is 1.73 bits per heavy atom. The summed E-state index contributed by atoms with van der Waals surface area (Å²) < 4.78 is 1.17. The molecule has 2 heteroatoms. The van der Waals surface area contributed by atoms with Crippen LogP contribution in [0.3, 0.4) is 0 Å². The number of carbonyl (C=O) groups is 1. The summed E-state index contributed by atoms with van der Waals surface area (Å²) in [5, 5.41) is 0. The topological polar surface area (TPSA) is 17.1 Å². The number of unbranched alkanes of at least 4 members (excludes halogenated alkanes) is 1. The average Bonchev–Trinajstić information content (AvgIpc) is 2.25. The first-order valence-corrected chi connectivity index (χ1v) is 6.19. The molecule has 0 aliphatic heterocycles. The Labute approximate surface area is 105 Å². The van der Waals surface area contributed by atoms with E-state index in [1.165, 1.54) is 3.58 Å². The third-order valence-corrected chi connectivity index (χ3v) is 2.74. The van der Waals surface area contributed by atoms with Crippen molar-refractivity contribution in [2.45, 2.75) is 25.7 Å². The number of allylic oxidation sites excluding steroid dienone is 1. The fraction of sp³-hybridized carbons (Fsp3) is 0.308. The van der Waals surface area contributed by atoms with Gasteiger partial charge in [-0.2, -0.15) is 0 Å². The predicted octanol–water partition coefficient (Wildman–Crippen LogP) is 4.38. The molecule has 0 fully saturated rings. The van der Waals surface area contributed by atoms with E-state index in [9.17, 15) is 4.79 Å². The minimum atomic E-state index is 0.245. The van der Waals surface area contributed by atoms with Crippen LogP contribution in [0.4, 0.5) is 0 Å². The molecule has 0 saturated heterocycles. The Bertz CT molecular complexity index is 330. The van der Waals surface area contributed by atoms with Crippen LogP contribution >= 0.6 is 22.6 Å². The van der Waals surface area contributed by atoms with Crippen LogP contribution in [0.2, 0.25) is 0 Å². The maximum atomic E-state index is 11.7. The van der Waals surface area contributed by atoms with Crippen molar-refractivity contribution >= 4 is 28.4 Å². The Hall–Kier alpha value is -0.640. The van der Waals surface area contributed by atoms with Crippen LogP contribution in [-0.2, 0) is 0 Å². The minimum absolute atomic E-state index is 0.245. The van der Waals surface area contributed by atoms with Crippen molar-refractivity contribution in [2.24, 2.45) is 0 Å². The molecule has 80 valence electrons. The zero-order valence-corrected chi connectivity index (χ0v) is 10.9. The number of ketones is 1. The lowest BCUT2D eigenvalue weighted by Crippen LogP contribution is -1.98. The number of Topliss-reactive ketones (excluding diaryl/α,β-unsaturated/α-hetero) is 1. The van der Waals surface area contributed by atoms with E-state index >= 15 is 0 Å². The Kier molecular flexibility index (Phi) is 5.61. The van der Waals surface area contributed by atoms with Gasteiger partial charge in [-0.15, -0.1) is 0 Å². The lowest BCUT2D eigenvalue weighted by Gasteiger charge is -2.00. The molecular weight excluding hydrogens is 299 g/mol. The summed E-state index contributed by atoms with van der Waals surface area (Å²) in [5.41, 5.74) is 0.825. The zero-order valence-electron chi connectivity index (χ0n) is 8.71. The van der Waals surface area contributed by atoms with E-state index in [0.29, 0.717) is 6.42 Å². The van der Waals surface area contributed by atoms with Crippen LogP contribution in [0.1, 0.15) is 36.0 Å². The van der Waals surface area contributed by atoms with Gasteiger partial charge in [-0.3, -0.25) is 4.79 Å². The molecule has 0 aliphatic rings. The van der Waals surface area contributed by atoms with E-state index < -0.39 is 0 Å². The average molecular weight is 314 g/mol. The molecule has 0 bridgehead atoms. The van der Waals surface area contributed by atoms with Crippen molar-refractivity contribution in [1.82, 2.24) is 0 Å². The van der Waals surface area contributed by atoms with Crippen molar-refractivity contribution in [3.8, 4) is 0 Å². The fourth-order valence-electron chi connectivity index (χ4n) is 1.37. The molecule has 1 aromatic carbocycles. The van der Waals surface area contributed by atoms with Gasteiger partial charge >= 0.3 is 0 Å². The molecule has 0 N–H and O–H groups in total. The molecule has 0 saturated carbocycles. The van der Waals surface area contributed by atoms with Gasteiger partial charge in [0.2, 0.25) is 0 Å². The smallest absolute Gasteiger partial charge is 0.162 e. The first-order valence-electron chi connectivity index (χ1n) is 5.11. The summed E-state index contributed by atoms with van der Waals surface area (Å²) in [5.74, 6) is 0.245. The van der Waals surface area contributed by atoms with Crippen LogP contribution in [0.25, 0.3) is 0 Å². The number of hydrogen-bond acceptors (Lipinski definition) is 1. The summed E-state index contributed by atoms with van der Waals surface area (Å²) in [6.45, 7) is 3.83. The van der Waals surface area contributed by atoms with Gasteiger partial charge < -0.3 is 0 Å². The Morgan fingerprint density at radius 1 is 1.13 bits per heavy atom. The third-order valence-electron chi connectivity index (χ3n) is 2.20. The second-order valence-electron chi connectivity index (χ2n) is 3.51. The standard InChI is InChI=1S/C13H15IO/c1-11(14)7-5-6-10-13(15)12-8-3-2-4-9-12/h2-4,8-9H,1,5-7,10H2. The minimum Gasteiger partial charge on any atom is -0.294 e. The van der Waals surface area contributed by atoms with Gasteiger partial charge in [0.15, 0.2) is 5.78 Å². The normalized spacial score (nSPS) is 9.93. The highest BCUT2D eigenvalue weighted by molar-refractivity contribution is 14.1. The van der Waals surface area contributed by atoms with Gasteiger partial charge in [0.05, 0.1) is 0 Å². The lowest BCUT2D eigenvalue weighted by molar-refractivity contribution is 0.0979. The second-order valence-corrected chi connectivity index (χ2v) is 5.04. The van der Waals surface area contributed by atoms with E-state index in [-0.39, 0.29) is 5.78 Å². The van der Waals surface area contributed by atoms with E-state index in [4.69, 9.17) is 0 Å². The van der Waals surface area contributed by atoms with Crippen LogP contribution in [0.15, 0.2) is 40.5 Å². The number of benzene rings is 1. The van der Waals surface area contributed by atoms with Crippen molar-refractivity contribution in [1.29, 1.82) is 0 Å². The number of carbonyl (C=O) groups excluding carboxylic acids is 1. The van der Waals surface area contributed by atoms with E-state index in [2.05, 4.69) is 29.2 Å². The van der Waals surface area contributed by atoms with E-state index in [1.54, 1.807) is 0 Å². The first kappa shape index (κ1) is 12.4. The summed E-state index contributed by atoms with van der Waals surface area (Å²) in [4.78, 5) is 11.7. The molecule has 0 amide bonds. The predicted molar refractivity (Wildman–Crippen MR) is 72.4 cm³/mol. The van der Waals surface area contributed by atoms with Gasteiger partial charge in [-0.1, -0.05) is 36.9 Å². The highest BCUT2D eigenvalue weighted by atomic mass is 127. The lowest BCUT2D eigenvalue weighted by atomic mass is 10.1. The van der Waals surface area contributed by atoms with Gasteiger partial charge in [-0.25, -0.2) is 0 Å². The summed E-state index contributed by atoms with van der Waals surface area (Å²) in [6, 6.07) is 9.48. The molecule has 1 nitrogen and oxygen atoms in total. The zero-order chi connectivity index (χ0) is 11.1.